The number of anilines is 1. The van der Waals surface area contributed by atoms with Gasteiger partial charge >= 0.3 is 12.0 Å². The van der Waals surface area contributed by atoms with E-state index < -0.39 is 17.5 Å². The van der Waals surface area contributed by atoms with Gasteiger partial charge in [-0.3, -0.25) is 0 Å². The quantitative estimate of drug-likeness (QED) is 0.780. The molecule has 124 valence electrons. The zero-order valence-electron chi connectivity index (χ0n) is 12.9. The number of carbonyl (C=O) groups excluding carboxylic acids is 1. The van der Waals surface area contributed by atoms with Crippen molar-refractivity contribution in [3.63, 3.8) is 0 Å². The number of nitrogens with one attached hydrogen (secondary N) is 2. The number of urea groups is 1. The molecule has 2 aromatic carbocycles. The maximum Gasteiger partial charge on any atom is 0.329 e. The summed E-state index contributed by atoms with van der Waals surface area (Å²) >= 11 is 6.04. The molecule has 3 rings (SSSR count). The fourth-order valence-electron chi connectivity index (χ4n) is 2.78. The number of rotatable bonds is 4. The van der Waals surface area contributed by atoms with Gasteiger partial charge in [-0.25, -0.2) is 9.59 Å². The van der Waals surface area contributed by atoms with E-state index in [4.69, 9.17) is 11.6 Å². The molecule has 0 saturated heterocycles. The van der Waals surface area contributed by atoms with Crippen LogP contribution in [-0.4, -0.2) is 22.6 Å². The number of carboxylic acid groups (broad SMARTS) is 1. The summed E-state index contributed by atoms with van der Waals surface area (Å²) in [6.45, 7) is 0. The number of hydrogen-bond acceptors (Lipinski definition) is 2. The number of benzene rings is 2. The minimum absolute atomic E-state index is 0.441. The molecule has 5 nitrogen and oxygen atoms in total. The van der Waals surface area contributed by atoms with Crippen LogP contribution in [0.5, 0.6) is 0 Å². The van der Waals surface area contributed by atoms with Gasteiger partial charge in [0.2, 0.25) is 0 Å². The third-order valence-electron chi connectivity index (χ3n) is 4.28. The van der Waals surface area contributed by atoms with E-state index in [-0.39, 0.29) is 0 Å². The minimum atomic E-state index is -1.16. The SMILES string of the molecule is O=C(Nc1cc(Cl)ccc1-c1ccccc1)NC1(C(=O)O)CCC1. The summed E-state index contributed by atoms with van der Waals surface area (Å²) in [5, 5.41) is 15.1. The molecule has 0 unspecified atom stereocenters. The zero-order chi connectivity index (χ0) is 17.2. The van der Waals surface area contributed by atoms with Crippen molar-refractivity contribution in [2.24, 2.45) is 0 Å². The Morgan fingerprint density at radius 3 is 2.38 bits per heavy atom. The van der Waals surface area contributed by atoms with Crippen molar-refractivity contribution in [1.29, 1.82) is 0 Å². The van der Waals surface area contributed by atoms with Crippen molar-refractivity contribution in [1.82, 2.24) is 5.32 Å². The normalized spacial score (nSPS) is 15.2. The van der Waals surface area contributed by atoms with Crippen LogP contribution in [0.1, 0.15) is 19.3 Å². The molecule has 6 heteroatoms. The number of carbonyl (C=O) groups is 2. The Kier molecular flexibility index (Phi) is 4.44. The lowest BCUT2D eigenvalue weighted by molar-refractivity contribution is -0.148. The van der Waals surface area contributed by atoms with Crippen LogP contribution in [0.2, 0.25) is 5.02 Å². The highest BCUT2D eigenvalue weighted by molar-refractivity contribution is 6.31. The van der Waals surface area contributed by atoms with Gasteiger partial charge in [-0.05, 0) is 37.0 Å². The van der Waals surface area contributed by atoms with Gasteiger partial charge in [0.1, 0.15) is 5.54 Å². The van der Waals surface area contributed by atoms with Crippen molar-refractivity contribution < 1.29 is 14.7 Å². The topological polar surface area (TPSA) is 78.4 Å². The molecule has 0 spiro atoms. The minimum Gasteiger partial charge on any atom is -0.480 e. The third-order valence-corrected chi connectivity index (χ3v) is 4.52. The van der Waals surface area contributed by atoms with E-state index in [1.165, 1.54) is 0 Å². The molecule has 0 bridgehead atoms. The summed E-state index contributed by atoms with van der Waals surface area (Å²) in [5.41, 5.74) is 1.12. The molecule has 2 amide bonds. The van der Waals surface area contributed by atoms with Gasteiger partial charge in [0.05, 0.1) is 5.69 Å². The van der Waals surface area contributed by atoms with E-state index >= 15 is 0 Å². The number of aliphatic carboxylic acids is 1. The van der Waals surface area contributed by atoms with Crippen LogP contribution in [-0.2, 0) is 4.79 Å². The molecule has 0 aromatic heterocycles. The molecular weight excluding hydrogens is 328 g/mol. The van der Waals surface area contributed by atoms with Crippen LogP contribution < -0.4 is 10.6 Å². The fourth-order valence-corrected chi connectivity index (χ4v) is 2.95. The molecular formula is C18H17ClN2O3. The van der Waals surface area contributed by atoms with Crippen molar-refractivity contribution in [3.05, 3.63) is 53.6 Å². The summed E-state index contributed by atoms with van der Waals surface area (Å²) in [5.74, 6) is -1.00. The summed E-state index contributed by atoms with van der Waals surface area (Å²) in [7, 11) is 0. The number of hydrogen-bond donors (Lipinski definition) is 3. The number of halogens is 1. The highest BCUT2D eigenvalue weighted by atomic mass is 35.5. The van der Waals surface area contributed by atoms with Crippen molar-refractivity contribution >= 4 is 29.3 Å². The molecule has 0 heterocycles. The molecule has 2 aromatic rings. The average Bonchev–Trinajstić information content (AvgIpc) is 2.51. The molecule has 0 radical (unpaired) electrons. The fraction of sp³-hybridized carbons (Fsp3) is 0.222. The lowest BCUT2D eigenvalue weighted by atomic mass is 9.77. The van der Waals surface area contributed by atoms with E-state index in [0.717, 1.165) is 17.5 Å². The first-order valence-electron chi connectivity index (χ1n) is 7.68. The lowest BCUT2D eigenvalue weighted by Gasteiger charge is -2.38. The van der Waals surface area contributed by atoms with Crippen molar-refractivity contribution in [3.8, 4) is 11.1 Å². The van der Waals surface area contributed by atoms with E-state index in [0.29, 0.717) is 23.6 Å². The molecule has 24 heavy (non-hydrogen) atoms. The Morgan fingerprint density at radius 2 is 1.79 bits per heavy atom. The monoisotopic (exact) mass is 344 g/mol. The molecule has 3 N–H and O–H groups in total. The second kappa shape index (κ2) is 6.53. The van der Waals surface area contributed by atoms with Gasteiger partial charge in [0.15, 0.2) is 0 Å². The predicted octanol–water partition coefficient (Wildman–Crippen LogP) is 4.14. The van der Waals surface area contributed by atoms with Crippen LogP contribution in [0.3, 0.4) is 0 Å². The van der Waals surface area contributed by atoms with Crippen LogP contribution in [0.15, 0.2) is 48.5 Å². The third kappa shape index (κ3) is 3.21. The highest BCUT2D eigenvalue weighted by Gasteiger charge is 2.45. The van der Waals surface area contributed by atoms with E-state index in [1.54, 1.807) is 12.1 Å². The second-order valence-corrected chi connectivity index (χ2v) is 6.31. The molecule has 0 aliphatic heterocycles. The summed E-state index contributed by atoms with van der Waals surface area (Å²) in [4.78, 5) is 23.7. The van der Waals surface area contributed by atoms with E-state index in [9.17, 15) is 14.7 Å². The van der Waals surface area contributed by atoms with Gasteiger partial charge in [-0.2, -0.15) is 0 Å². The van der Waals surface area contributed by atoms with Gasteiger partial charge in [0, 0.05) is 10.6 Å². The second-order valence-electron chi connectivity index (χ2n) is 5.88. The molecule has 1 aliphatic rings. The predicted molar refractivity (Wildman–Crippen MR) is 93.3 cm³/mol. The van der Waals surface area contributed by atoms with Gasteiger partial charge in [0.25, 0.3) is 0 Å². The van der Waals surface area contributed by atoms with E-state index in [1.807, 2.05) is 36.4 Å². The highest BCUT2D eigenvalue weighted by Crippen LogP contribution is 2.33. The largest absolute Gasteiger partial charge is 0.480 e. The summed E-state index contributed by atoms with van der Waals surface area (Å²) < 4.78 is 0. The van der Waals surface area contributed by atoms with Crippen LogP contribution in [0, 0.1) is 0 Å². The first-order valence-corrected chi connectivity index (χ1v) is 8.05. The molecule has 0 atom stereocenters. The van der Waals surface area contributed by atoms with Crippen LogP contribution >= 0.6 is 11.6 Å². The maximum atomic E-state index is 12.3. The van der Waals surface area contributed by atoms with Gasteiger partial charge < -0.3 is 15.7 Å². The van der Waals surface area contributed by atoms with Crippen molar-refractivity contribution in [2.45, 2.75) is 24.8 Å². The van der Waals surface area contributed by atoms with Crippen LogP contribution in [0.25, 0.3) is 11.1 Å². The Hall–Kier alpha value is -2.53. The van der Waals surface area contributed by atoms with Crippen LogP contribution in [0.4, 0.5) is 10.5 Å². The first-order chi connectivity index (χ1) is 11.5. The summed E-state index contributed by atoms with van der Waals surface area (Å²) in [6, 6.07) is 14.2. The standard InChI is InChI=1S/C18H17ClN2O3/c19-13-7-8-14(12-5-2-1-3-6-12)15(11-13)20-17(24)21-18(16(22)23)9-4-10-18/h1-3,5-8,11H,4,9-10H2,(H,22,23)(H2,20,21,24). The van der Waals surface area contributed by atoms with Crippen molar-refractivity contribution in [2.75, 3.05) is 5.32 Å². The molecule has 1 saturated carbocycles. The smallest absolute Gasteiger partial charge is 0.329 e. The zero-order valence-corrected chi connectivity index (χ0v) is 13.6. The summed E-state index contributed by atoms with van der Waals surface area (Å²) in [6.07, 6.45) is 1.67. The molecule has 1 aliphatic carbocycles. The Balaban J connectivity index is 1.83. The van der Waals surface area contributed by atoms with Gasteiger partial charge in [-0.1, -0.05) is 48.0 Å². The Labute approximate surface area is 144 Å². The van der Waals surface area contributed by atoms with E-state index in [2.05, 4.69) is 10.6 Å². The molecule has 1 fully saturated rings. The average molecular weight is 345 g/mol. The Morgan fingerprint density at radius 1 is 1.08 bits per heavy atom. The number of amides is 2. The Bertz CT molecular complexity index is 773. The van der Waals surface area contributed by atoms with Gasteiger partial charge in [-0.15, -0.1) is 0 Å². The lowest BCUT2D eigenvalue weighted by Crippen LogP contribution is -2.60. The number of carboxylic acids is 1. The first kappa shape index (κ1) is 16.3. The maximum absolute atomic E-state index is 12.3.